The number of benzene rings is 1. The lowest BCUT2D eigenvalue weighted by Crippen LogP contribution is -2.47. The highest BCUT2D eigenvalue weighted by atomic mass is 127. The predicted octanol–water partition coefficient (Wildman–Crippen LogP) is 2.16. The first-order chi connectivity index (χ1) is 12.1. The number of carbonyl (C=O) groups excluding carboxylic acids is 1. The molecule has 6 nitrogen and oxygen atoms in total. The Morgan fingerprint density at radius 1 is 1.27 bits per heavy atom. The molecule has 146 valence electrons. The molecule has 0 aromatic heterocycles. The number of rotatable bonds is 6. The van der Waals surface area contributed by atoms with Gasteiger partial charge in [0.2, 0.25) is 5.91 Å². The van der Waals surface area contributed by atoms with Crippen LogP contribution >= 0.6 is 24.0 Å². The minimum Gasteiger partial charge on any atom is -0.373 e. The van der Waals surface area contributed by atoms with Crippen LogP contribution in [-0.4, -0.2) is 64.1 Å². The number of piperidine rings is 1. The van der Waals surface area contributed by atoms with Gasteiger partial charge in [0.15, 0.2) is 5.96 Å². The van der Waals surface area contributed by atoms with Gasteiger partial charge in [0, 0.05) is 59.4 Å². The standard InChI is InChI=1S/C19H31N5O.HI/c1-20-18(25)15-16-9-12-24(13-10-16)19(21-2)22-11-14-23(3)17-7-5-4-6-8-17;/h4-8,16H,9-15H2,1-3H3,(H,20,25)(H,21,22);1H. The second-order valence-electron chi connectivity index (χ2n) is 6.54. The van der Waals surface area contributed by atoms with E-state index in [-0.39, 0.29) is 29.9 Å². The van der Waals surface area contributed by atoms with E-state index in [0.717, 1.165) is 45.0 Å². The molecular formula is C19H32IN5O. The molecule has 7 heteroatoms. The van der Waals surface area contributed by atoms with Crippen molar-refractivity contribution >= 4 is 41.5 Å². The molecule has 2 rings (SSSR count). The van der Waals surface area contributed by atoms with Crippen molar-refractivity contribution in [2.75, 3.05) is 52.2 Å². The molecule has 1 aromatic rings. The minimum atomic E-state index is 0. The lowest BCUT2D eigenvalue weighted by molar-refractivity contribution is -0.121. The average Bonchev–Trinajstić information content (AvgIpc) is 2.66. The summed E-state index contributed by atoms with van der Waals surface area (Å²) in [5.41, 5.74) is 1.22. The number of likely N-dealkylation sites (tertiary alicyclic amines) is 1. The van der Waals surface area contributed by atoms with Gasteiger partial charge < -0.3 is 20.4 Å². The van der Waals surface area contributed by atoms with Crippen LogP contribution in [0.25, 0.3) is 0 Å². The molecule has 1 fully saturated rings. The highest BCUT2D eigenvalue weighted by molar-refractivity contribution is 14.0. The Labute approximate surface area is 174 Å². The Bertz CT molecular complexity index is 558. The van der Waals surface area contributed by atoms with Gasteiger partial charge in [0.25, 0.3) is 0 Å². The summed E-state index contributed by atoms with van der Waals surface area (Å²) in [7, 11) is 5.64. The highest BCUT2D eigenvalue weighted by Crippen LogP contribution is 2.20. The first-order valence-corrected chi connectivity index (χ1v) is 9.06. The van der Waals surface area contributed by atoms with Gasteiger partial charge in [-0.05, 0) is 30.9 Å². The number of amides is 1. The van der Waals surface area contributed by atoms with E-state index in [4.69, 9.17) is 0 Å². The summed E-state index contributed by atoms with van der Waals surface area (Å²) in [6.45, 7) is 3.66. The van der Waals surface area contributed by atoms with Gasteiger partial charge in [-0.25, -0.2) is 0 Å². The maximum Gasteiger partial charge on any atom is 0.220 e. The number of nitrogens with one attached hydrogen (secondary N) is 2. The largest absolute Gasteiger partial charge is 0.373 e. The summed E-state index contributed by atoms with van der Waals surface area (Å²) in [5, 5.41) is 6.18. The van der Waals surface area contributed by atoms with E-state index < -0.39 is 0 Å². The Kier molecular flexibility index (Phi) is 10.4. The van der Waals surface area contributed by atoms with Gasteiger partial charge >= 0.3 is 0 Å². The van der Waals surface area contributed by atoms with Crippen molar-refractivity contribution < 1.29 is 4.79 Å². The molecule has 1 aromatic carbocycles. The van der Waals surface area contributed by atoms with Crippen LogP contribution < -0.4 is 15.5 Å². The molecule has 1 heterocycles. The smallest absolute Gasteiger partial charge is 0.220 e. The molecule has 1 amide bonds. The summed E-state index contributed by atoms with van der Waals surface area (Å²) in [6.07, 6.45) is 2.72. The van der Waals surface area contributed by atoms with E-state index in [2.05, 4.69) is 56.7 Å². The minimum absolute atomic E-state index is 0. The molecule has 0 aliphatic carbocycles. The number of para-hydroxylation sites is 1. The molecule has 2 N–H and O–H groups in total. The molecule has 0 spiro atoms. The maximum atomic E-state index is 11.5. The number of likely N-dealkylation sites (N-methyl/N-ethyl adjacent to an activating group) is 1. The fraction of sp³-hybridized carbons (Fsp3) is 0.579. The van der Waals surface area contributed by atoms with Crippen LogP contribution in [0.4, 0.5) is 5.69 Å². The lowest BCUT2D eigenvalue weighted by atomic mass is 9.93. The SMILES string of the molecule is CN=C(NCCN(C)c1ccccc1)N1CCC(CC(=O)NC)CC1.I. The summed E-state index contributed by atoms with van der Waals surface area (Å²) in [5.74, 6) is 1.59. The third kappa shape index (κ3) is 7.01. The highest BCUT2D eigenvalue weighted by Gasteiger charge is 2.22. The number of hydrogen-bond donors (Lipinski definition) is 2. The first-order valence-electron chi connectivity index (χ1n) is 9.06. The van der Waals surface area contributed by atoms with Gasteiger partial charge in [0.1, 0.15) is 0 Å². The van der Waals surface area contributed by atoms with Crippen LogP contribution in [0.5, 0.6) is 0 Å². The maximum absolute atomic E-state index is 11.5. The van der Waals surface area contributed by atoms with Crippen molar-refractivity contribution in [3.8, 4) is 0 Å². The topological polar surface area (TPSA) is 60.0 Å². The van der Waals surface area contributed by atoms with Crippen LogP contribution in [-0.2, 0) is 4.79 Å². The molecule has 0 unspecified atom stereocenters. The summed E-state index contributed by atoms with van der Waals surface area (Å²) in [6, 6.07) is 10.4. The van der Waals surface area contributed by atoms with Gasteiger partial charge in [-0.15, -0.1) is 24.0 Å². The van der Waals surface area contributed by atoms with E-state index in [1.807, 2.05) is 13.1 Å². The number of hydrogen-bond acceptors (Lipinski definition) is 3. The zero-order chi connectivity index (χ0) is 18.1. The van der Waals surface area contributed by atoms with Crippen molar-refractivity contribution in [1.29, 1.82) is 0 Å². The van der Waals surface area contributed by atoms with Gasteiger partial charge in [-0.1, -0.05) is 18.2 Å². The first kappa shape index (κ1) is 22.5. The Morgan fingerprint density at radius 3 is 2.50 bits per heavy atom. The Morgan fingerprint density at radius 2 is 1.92 bits per heavy atom. The molecule has 1 aliphatic rings. The fourth-order valence-electron chi connectivity index (χ4n) is 3.19. The normalized spacial score (nSPS) is 15.2. The van der Waals surface area contributed by atoms with Crippen molar-refractivity contribution in [1.82, 2.24) is 15.5 Å². The summed E-state index contributed by atoms with van der Waals surface area (Å²) >= 11 is 0. The third-order valence-electron chi connectivity index (χ3n) is 4.81. The van der Waals surface area contributed by atoms with Crippen LogP contribution in [0, 0.1) is 5.92 Å². The Balaban J connectivity index is 0.00000338. The molecular weight excluding hydrogens is 441 g/mol. The fourth-order valence-corrected chi connectivity index (χ4v) is 3.19. The van der Waals surface area contributed by atoms with E-state index in [1.165, 1.54) is 5.69 Å². The monoisotopic (exact) mass is 473 g/mol. The number of carbonyl (C=O) groups is 1. The molecule has 0 bridgehead atoms. The number of halogens is 1. The molecule has 0 atom stereocenters. The number of aliphatic imine (C=N–C) groups is 1. The number of nitrogens with zero attached hydrogens (tertiary/aromatic N) is 3. The van der Waals surface area contributed by atoms with E-state index >= 15 is 0 Å². The molecule has 26 heavy (non-hydrogen) atoms. The van der Waals surface area contributed by atoms with Gasteiger partial charge in [0.05, 0.1) is 0 Å². The predicted molar refractivity (Wildman–Crippen MR) is 119 cm³/mol. The van der Waals surface area contributed by atoms with Crippen molar-refractivity contribution in [2.45, 2.75) is 19.3 Å². The zero-order valence-corrected chi connectivity index (χ0v) is 18.4. The van der Waals surface area contributed by atoms with Crippen molar-refractivity contribution in [3.05, 3.63) is 30.3 Å². The summed E-state index contributed by atoms with van der Waals surface area (Å²) < 4.78 is 0. The molecule has 1 saturated heterocycles. The van der Waals surface area contributed by atoms with E-state index in [0.29, 0.717) is 12.3 Å². The van der Waals surface area contributed by atoms with Crippen molar-refractivity contribution in [2.24, 2.45) is 10.9 Å². The van der Waals surface area contributed by atoms with Crippen LogP contribution in [0.3, 0.4) is 0 Å². The molecule has 0 saturated carbocycles. The quantitative estimate of drug-likeness (QED) is 0.378. The second-order valence-corrected chi connectivity index (χ2v) is 6.54. The summed E-state index contributed by atoms with van der Waals surface area (Å²) in [4.78, 5) is 20.5. The second kappa shape index (κ2) is 12.0. The van der Waals surface area contributed by atoms with E-state index in [9.17, 15) is 4.79 Å². The van der Waals surface area contributed by atoms with Crippen molar-refractivity contribution in [3.63, 3.8) is 0 Å². The molecule has 0 radical (unpaired) electrons. The van der Waals surface area contributed by atoms with E-state index in [1.54, 1.807) is 7.05 Å². The number of guanidine groups is 1. The van der Waals surface area contributed by atoms with Crippen LogP contribution in [0.15, 0.2) is 35.3 Å². The Hall–Kier alpha value is -1.51. The van der Waals surface area contributed by atoms with Gasteiger partial charge in [-0.2, -0.15) is 0 Å². The average molecular weight is 473 g/mol. The lowest BCUT2D eigenvalue weighted by Gasteiger charge is -2.34. The van der Waals surface area contributed by atoms with Crippen LogP contribution in [0.2, 0.25) is 0 Å². The van der Waals surface area contributed by atoms with Gasteiger partial charge in [-0.3, -0.25) is 9.79 Å². The number of anilines is 1. The molecule has 1 aliphatic heterocycles. The zero-order valence-electron chi connectivity index (χ0n) is 16.1. The van der Waals surface area contributed by atoms with Crippen LogP contribution in [0.1, 0.15) is 19.3 Å². The third-order valence-corrected chi connectivity index (χ3v) is 4.81.